The van der Waals surface area contributed by atoms with E-state index in [9.17, 15) is 5.11 Å². The normalized spacial score (nSPS) is 11.9. The smallest absolute Gasteiger partial charge is 0.210 e. The van der Waals surface area contributed by atoms with Gasteiger partial charge in [-0.1, -0.05) is 59.5 Å². The number of aromatic nitrogens is 2. The van der Waals surface area contributed by atoms with Crippen molar-refractivity contribution in [3.63, 3.8) is 0 Å². The van der Waals surface area contributed by atoms with Crippen LogP contribution in [0, 0.1) is 0 Å². The van der Waals surface area contributed by atoms with Crippen LogP contribution < -0.4 is 14.8 Å². The van der Waals surface area contributed by atoms with Gasteiger partial charge in [0.1, 0.15) is 18.1 Å². The predicted molar refractivity (Wildman–Crippen MR) is 122 cm³/mol. The molecule has 0 radical (unpaired) electrons. The fraction of sp³-hybridized carbons (Fsp3) is 0.182. The van der Waals surface area contributed by atoms with Crippen molar-refractivity contribution in [2.45, 2.75) is 10.4 Å². The van der Waals surface area contributed by atoms with Gasteiger partial charge in [0.2, 0.25) is 5.13 Å². The molecule has 0 bridgehead atoms. The van der Waals surface area contributed by atoms with Crippen molar-refractivity contribution in [3.05, 3.63) is 66.7 Å². The first kappa shape index (κ1) is 20.5. The van der Waals surface area contributed by atoms with E-state index in [1.807, 2.05) is 60.7 Å². The number of rotatable bonds is 9. The number of ether oxygens (including phenoxy) is 2. The van der Waals surface area contributed by atoms with Gasteiger partial charge in [0.25, 0.3) is 0 Å². The van der Waals surface area contributed by atoms with Gasteiger partial charge in [-0.15, -0.1) is 10.2 Å². The van der Waals surface area contributed by atoms with E-state index in [-0.39, 0.29) is 6.61 Å². The number of nitrogens with zero attached hydrogens (tertiary/aromatic N) is 2. The Morgan fingerprint density at radius 2 is 1.87 bits per heavy atom. The Kier molecular flexibility index (Phi) is 6.68. The van der Waals surface area contributed by atoms with Crippen molar-refractivity contribution in [1.29, 1.82) is 0 Å². The molecule has 0 amide bonds. The second-order valence-corrected chi connectivity index (χ2v) is 8.76. The number of hydrogen-bond acceptors (Lipinski definition) is 8. The molecule has 0 saturated heterocycles. The summed E-state index contributed by atoms with van der Waals surface area (Å²) in [5.74, 6) is 1.99. The molecule has 8 heteroatoms. The lowest BCUT2D eigenvalue weighted by atomic mass is 10.1. The first-order valence-electron chi connectivity index (χ1n) is 9.36. The minimum atomic E-state index is -0.611. The highest BCUT2D eigenvalue weighted by atomic mass is 32.2. The molecule has 1 heterocycles. The average Bonchev–Trinajstić information content (AvgIpc) is 3.23. The number of fused-ring (bicyclic) bond motifs is 1. The molecule has 1 unspecified atom stereocenters. The van der Waals surface area contributed by atoms with E-state index in [1.54, 1.807) is 7.11 Å². The van der Waals surface area contributed by atoms with Crippen LogP contribution in [0.1, 0.15) is 0 Å². The number of methoxy groups -OCH3 is 1. The highest BCUT2D eigenvalue weighted by molar-refractivity contribution is 8.01. The SMILES string of the molecule is COc1cccc(Nc2nnc(SCC(O)COc3ccc4ccccc4c3)s2)c1. The van der Waals surface area contributed by atoms with Crippen molar-refractivity contribution in [1.82, 2.24) is 10.2 Å². The van der Waals surface area contributed by atoms with E-state index in [0.29, 0.717) is 10.9 Å². The molecule has 6 nitrogen and oxygen atoms in total. The third-order valence-electron chi connectivity index (χ3n) is 4.29. The maximum Gasteiger partial charge on any atom is 0.210 e. The summed E-state index contributed by atoms with van der Waals surface area (Å²) < 4.78 is 11.8. The van der Waals surface area contributed by atoms with Gasteiger partial charge in [0.05, 0.1) is 13.2 Å². The molecule has 4 rings (SSSR count). The molecule has 1 aromatic heterocycles. The number of hydrogen-bond donors (Lipinski definition) is 2. The van der Waals surface area contributed by atoms with Gasteiger partial charge in [-0.3, -0.25) is 0 Å². The van der Waals surface area contributed by atoms with Crippen molar-refractivity contribution in [2.75, 3.05) is 24.8 Å². The van der Waals surface area contributed by atoms with Crippen LogP contribution in [0.25, 0.3) is 10.8 Å². The lowest BCUT2D eigenvalue weighted by molar-refractivity contribution is 0.126. The molecule has 30 heavy (non-hydrogen) atoms. The van der Waals surface area contributed by atoms with Gasteiger partial charge in [0.15, 0.2) is 4.34 Å². The molecular formula is C22H21N3O3S2. The summed E-state index contributed by atoms with van der Waals surface area (Å²) in [6.45, 7) is 0.221. The van der Waals surface area contributed by atoms with Crippen LogP contribution in [0.4, 0.5) is 10.8 Å². The van der Waals surface area contributed by atoms with E-state index in [0.717, 1.165) is 32.3 Å². The van der Waals surface area contributed by atoms with Gasteiger partial charge in [0, 0.05) is 17.5 Å². The molecule has 3 aromatic carbocycles. The van der Waals surface area contributed by atoms with Crippen LogP contribution in [0.5, 0.6) is 11.5 Å². The topological polar surface area (TPSA) is 76.5 Å². The summed E-state index contributed by atoms with van der Waals surface area (Å²) in [7, 11) is 1.63. The highest BCUT2D eigenvalue weighted by Gasteiger charge is 2.11. The zero-order valence-corrected chi connectivity index (χ0v) is 18.0. The third kappa shape index (κ3) is 5.41. The van der Waals surface area contributed by atoms with E-state index >= 15 is 0 Å². The molecule has 4 aromatic rings. The van der Waals surface area contributed by atoms with E-state index < -0.39 is 6.10 Å². The molecule has 0 saturated carbocycles. The Morgan fingerprint density at radius 1 is 1.00 bits per heavy atom. The standard InChI is InChI=1S/C22H21N3O3S2/c1-27-19-8-4-7-17(12-19)23-21-24-25-22(30-21)29-14-18(26)13-28-20-10-9-15-5-2-3-6-16(15)11-20/h2-12,18,26H,13-14H2,1H3,(H,23,24). The number of thioether (sulfide) groups is 1. The Hall–Kier alpha value is -2.81. The van der Waals surface area contributed by atoms with Gasteiger partial charge in [-0.25, -0.2) is 0 Å². The maximum atomic E-state index is 10.3. The molecule has 0 spiro atoms. The van der Waals surface area contributed by atoms with Gasteiger partial charge in [-0.2, -0.15) is 0 Å². The number of aliphatic hydroxyl groups is 1. The van der Waals surface area contributed by atoms with Crippen LogP contribution in [0.15, 0.2) is 71.1 Å². The molecule has 0 aliphatic carbocycles. The van der Waals surface area contributed by atoms with Gasteiger partial charge in [-0.05, 0) is 35.0 Å². The van der Waals surface area contributed by atoms with Crippen LogP contribution in [0.2, 0.25) is 0 Å². The Morgan fingerprint density at radius 3 is 2.73 bits per heavy atom. The molecule has 0 fully saturated rings. The van der Waals surface area contributed by atoms with E-state index in [1.165, 1.54) is 23.1 Å². The summed E-state index contributed by atoms with van der Waals surface area (Å²) in [5.41, 5.74) is 0.880. The van der Waals surface area contributed by atoms with Crippen molar-refractivity contribution in [3.8, 4) is 11.5 Å². The molecule has 154 valence electrons. The minimum absolute atomic E-state index is 0.221. The minimum Gasteiger partial charge on any atom is -0.497 e. The zero-order chi connectivity index (χ0) is 20.8. The van der Waals surface area contributed by atoms with Crippen LogP contribution in [-0.2, 0) is 0 Å². The molecule has 0 aliphatic heterocycles. The quantitative estimate of drug-likeness (QED) is 0.356. The number of nitrogens with one attached hydrogen (secondary N) is 1. The van der Waals surface area contributed by atoms with E-state index in [4.69, 9.17) is 9.47 Å². The molecule has 1 atom stereocenters. The van der Waals surface area contributed by atoms with Crippen LogP contribution >= 0.6 is 23.1 Å². The molecule has 0 aliphatic rings. The Bertz CT molecular complexity index is 1120. The van der Waals surface area contributed by atoms with Gasteiger partial charge < -0.3 is 19.9 Å². The summed E-state index contributed by atoms with van der Waals surface area (Å²) in [4.78, 5) is 0. The fourth-order valence-electron chi connectivity index (χ4n) is 2.81. The van der Waals surface area contributed by atoms with Crippen molar-refractivity contribution < 1.29 is 14.6 Å². The van der Waals surface area contributed by atoms with Crippen LogP contribution in [-0.4, -0.2) is 40.9 Å². The van der Waals surface area contributed by atoms with Crippen molar-refractivity contribution >= 4 is 44.7 Å². The number of benzene rings is 3. The second-order valence-electron chi connectivity index (χ2n) is 6.51. The fourth-order valence-corrected chi connectivity index (χ4v) is 4.51. The van der Waals surface area contributed by atoms with Gasteiger partial charge >= 0.3 is 0 Å². The van der Waals surface area contributed by atoms with Crippen LogP contribution in [0.3, 0.4) is 0 Å². The Balaban J connectivity index is 1.26. The lowest BCUT2D eigenvalue weighted by Crippen LogP contribution is -2.20. The first-order chi connectivity index (χ1) is 14.7. The molecule has 2 N–H and O–H groups in total. The first-order valence-corrected chi connectivity index (χ1v) is 11.2. The monoisotopic (exact) mass is 439 g/mol. The average molecular weight is 440 g/mol. The Labute approximate surface area is 182 Å². The van der Waals surface area contributed by atoms with E-state index in [2.05, 4.69) is 21.6 Å². The largest absolute Gasteiger partial charge is 0.497 e. The third-order valence-corrected chi connectivity index (χ3v) is 6.41. The zero-order valence-electron chi connectivity index (χ0n) is 16.3. The number of aliphatic hydroxyl groups excluding tert-OH is 1. The molecular weight excluding hydrogens is 418 g/mol. The summed E-state index contributed by atoms with van der Waals surface area (Å²) in [6.07, 6.45) is -0.611. The second kappa shape index (κ2) is 9.80. The summed E-state index contributed by atoms with van der Waals surface area (Å²) in [5, 5.41) is 24.8. The predicted octanol–water partition coefficient (Wildman–Crippen LogP) is 4.98. The number of anilines is 2. The van der Waals surface area contributed by atoms with Crippen molar-refractivity contribution in [2.24, 2.45) is 0 Å². The maximum absolute atomic E-state index is 10.3. The summed E-state index contributed by atoms with van der Waals surface area (Å²) in [6, 6.07) is 21.6. The lowest BCUT2D eigenvalue weighted by Gasteiger charge is -2.11. The summed E-state index contributed by atoms with van der Waals surface area (Å²) >= 11 is 2.89. The highest BCUT2D eigenvalue weighted by Crippen LogP contribution is 2.29.